The number of morpholine rings is 1. The van der Waals surface area contributed by atoms with E-state index in [9.17, 15) is 0 Å². The van der Waals surface area contributed by atoms with Gasteiger partial charge in [0.2, 0.25) is 0 Å². The minimum atomic E-state index is 0.787. The minimum Gasteiger partial charge on any atom is -0.378 e. The number of fused-ring (bicyclic) bond motifs is 1. The van der Waals surface area contributed by atoms with Crippen LogP contribution in [0.2, 0.25) is 0 Å². The zero-order valence-electron chi connectivity index (χ0n) is 9.33. The first kappa shape index (κ1) is 11.3. The average molecular weight is 267 g/mol. The van der Waals surface area contributed by atoms with Gasteiger partial charge in [0.15, 0.2) is 0 Å². The van der Waals surface area contributed by atoms with Crippen LogP contribution in [-0.4, -0.2) is 35.3 Å². The van der Waals surface area contributed by atoms with Gasteiger partial charge >= 0.3 is 0 Å². The van der Waals surface area contributed by atoms with E-state index < -0.39 is 0 Å². The molecule has 4 nitrogen and oxygen atoms in total. The van der Waals surface area contributed by atoms with Crippen molar-refractivity contribution in [2.24, 2.45) is 0 Å². The number of hydrogen-bond acceptors (Lipinski definition) is 4. The van der Waals surface area contributed by atoms with Crippen molar-refractivity contribution in [2.45, 2.75) is 0 Å². The van der Waals surface area contributed by atoms with E-state index in [4.69, 9.17) is 4.74 Å². The summed E-state index contributed by atoms with van der Waals surface area (Å²) < 4.78 is 7.11. The Hall–Kier alpha value is -0.770. The molecule has 3 rings (SSSR count). The summed E-state index contributed by atoms with van der Waals surface area (Å²) in [6.07, 6.45) is 3.83. The molecule has 0 aromatic carbocycles. The maximum Gasteiger partial charge on any atom is 0.150 e. The molecule has 1 unspecified atom stereocenters. The molecule has 1 fully saturated rings. The van der Waals surface area contributed by atoms with Crippen LogP contribution in [0.15, 0.2) is 18.5 Å². The van der Waals surface area contributed by atoms with Crippen molar-refractivity contribution in [1.82, 2.24) is 8.96 Å². The zero-order chi connectivity index (χ0) is 11.8. The molecular weight excluding hydrogens is 253 g/mol. The molecule has 2 aromatic heterocycles. The normalized spacial score (nSPS) is 16.7. The summed E-state index contributed by atoms with van der Waals surface area (Å²) in [7, 11) is 2.82. The van der Waals surface area contributed by atoms with Crippen molar-refractivity contribution in [1.29, 1.82) is 0 Å². The highest BCUT2D eigenvalue weighted by Gasteiger charge is 2.16. The van der Waals surface area contributed by atoms with Crippen LogP contribution in [0.3, 0.4) is 0 Å². The first-order valence-corrected chi connectivity index (χ1v) is 6.52. The van der Waals surface area contributed by atoms with Crippen LogP contribution < -0.4 is 10.2 Å². The molecule has 1 aliphatic rings. The zero-order valence-corrected chi connectivity index (χ0v) is 11.4. The van der Waals surface area contributed by atoms with Crippen LogP contribution in [-0.2, 0) is 4.74 Å². The largest absolute Gasteiger partial charge is 0.378 e. The van der Waals surface area contributed by atoms with Crippen molar-refractivity contribution in [3.63, 3.8) is 0 Å². The Morgan fingerprint density at radius 1 is 1.35 bits per heavy atom. The lowest BCUT2D eigenvalue weighted by molar-refractivity contribution is 0.123. The van der Waals surface area contributed by atoms with Crippen LogP contribution in [0.25, 0.3) is 11.0 Å². The SMILES string of the molecule is Pc1c(N2CCOCC2)cnc2c1ccn2S. The van der Waals surface area contributed by atoms with Crippen molar-refractivity contribution in [3.05, 3.63) is 18.5 Å². The molecule has 0 bridgehead atoms. The predicted molar refractivity (Wildman–Crippen MR) is 76.5 cm³/mol. The standard InChI is InChI=1S/C11H14N3OPS/c16-10-8-1-2-14(17)11(8)12-7-9(10)13-3-5-15-6-4-13/h1-2,7,17H,3-6,16H2. The Morgan fingerprint density at radius 3 is 2.88 bits per heavy atom. The number of pyridine rings is 1. The highest BCUT2D eigenvalue weighted by molar-refractivity contribution is 7.78. The molecule has 1 aliphatic heterocycles. The molecule has 0 radical (unpaired) electrons. The van der Waals surface area contributed by atoms with Crippen LogP contribution in [0.5, 0.6) is 0 Å². The summed E-state index contributed by atoms with van der Waals surface area (Å²) in [5.74, 6) is 0. The number of anilines is 1. The highest BCUT2D eigenvalue weighted by atomic mass is 32.1. The molecule has 1 saturated heterocycles. The Kier molecular flexibility index (Phi) is 2.99. The second-order valence-electron chi connectivity index (χ2n) is 4.05. The molecule has 17 heavy (non-hydrogen) atoms. The smallest absolute Gasteiger partial charge is 0.150 e. The Bertz CT molecular complexity index is 551. The third kappa shape index (κ3) is 1.92. The van der Waals surface area contributed by atoms with E-state index in [-0.39, 0.29) is 0 Å². The molecule has 2 aromatic rings. The maximum absolute atomic E-state index is 5.37. The summed E-state index contributed by atoms with van der Waals surface area (Å²) in [4.78, 5) is 6.78. The van der Waals surface area contributed by atoms with Gasteiger partial charge < -0.3 is 9.64 Å². The molecule has 6 heteroatoms. The molecule has 0 amide bonds. The van der Waals surface area contributed by atoms with E-state index in [0.29, 0.717) is 0 Å². The molecule has 0 spiro atoms. The second-order valence-corrected chi connectivity index (χ2v) is 5.06. The van der Waals surface area contributed by atoms with E-state index in [2.05, 4.69) is 31.9 Å². The van der Waals surface area contributed by atoms with Crippen molar-refractivity contribution in [3.8, 4) is 0 Å². The van der Waals surface area contributed by atoms with Crippen molar-refractivity contribution >= 4 is 44.1 Å². The summed E-state index contributed by atoms with van der Waals surface area (Å²) in [5.41, 5.74) is 2.07. The van der Waals surface area contributed by atoms with Crippen LogP contribution in [0.1, 0.15) is 0 Å². The van der Waals surface area contributed by atoms with Gasteiger partial charge in [-0.05, 0) is 6.07 Å². The number of ether oxygens (including phenoxy) is 1. The molecule has 90 valence electrons. The number of aromatic nitrogens is 2. The molecule has 0 saturated carbocycles. The van der Waals surface area contributed by atoms with Crippen LogP contribution in [0.4, 0.5) is 5.69 Å². The van der Waals surface area contributed by atoms with E-state index >= 15 is 0 Å². The van der Waals surface area contributed by atoms with Crippen molar-refractivity contribution < 1.29 is 4.74 Å². The molecule has 3 heterocycles. The van der Waals surface area contributed by atoms with Gasteiger partial charge in [0.1, 0.15) is 5.65 Å². The van der Waals surface area contributed by atoms with Crippen molar-refractivity contribution in [2.75, 3.05) is 31.2 Å². The molecule has 0 N–H and O–H groups in total. The number of hydrogen-bond donors (Lipinski definition) is 1. The lowest BCUT2D eigenvalue weighted by atomic mass is 10.2. The quantitative estimate of drug-likeness (QED) is 0.619. The molecule has 1 atom stereocenters. The van der Waals surface area contributed by atoms with Gasteiger partial charge in [0.25, 0.3) is 0 Å². The van der Waals surface area contributed by atoms with Gasteiger partial charge in [-0.2, -0.15) is 0 Å². The van der Waals surface area contributed by atoms with Gasteiger partial charge in [-0.1, -0.05) is 12.8 Å². The van der Waals surface area contributed by atoms with Gasteiger partial charge in [-0.3, -0.25) is 3.97 Å². The minimum absolute atomic E-state index is 0.787. The van der Waals surface area contributed by atoms with E-state index in [1.807, 2.05) is 18.5 Å². The fraction of sp³-hybridized carbons (Fsp3) is 0.364. The lowest BCUT2D eigenvalue weighted by Gasteiger charge is -2.29. The van der Waals surface area contributed by atoms with Crippen LogP contribution in [0, 0.1) is 0 Å². The molecular formula is C11H14N3OPS. The third-order valence-electron chi connectivity index (χ3n) is 3.07. The van der Waals surface area contributed by atoms with Gasteiger partial charge in [0.05, 0.1) is 25.1 Å². The summed E-state index contributed by atoms with van der Waals surface area (Å²) in [5, 5.41) is 2.32. The average Bonchev–Trinajstić information content (AvgIpc) is 2.74. The number of rotatable bonds is 1. The third-order valence-corrected chi connectivity index (χ3v) is 4.00. The first-order chi connectivity index (χ1) is 8.27. The molecule has 0 aliphatic carbocycles. The number of nitrogens with zero attached hydrogens (tertiary/aromatic N) is 3. The Balaban J connectivity index is 2.07. The van der Waals surface area contributed by atoms with E-state index in [1.165, 1.54) is 11.0 Å². The van der Waals surface area contributed by atoms with Crippen LogP contribution >= 0.6 is 22.1 Å². The van der Waals surface area contributed by atoms with Gasteiger partial charge in [-0.25, -0.2) is 4.98 Å². The first-order valence-electron chi connectivity index (χ1n) is 5.55. The van der Waals surface area contributed by atoms with E-state index in [1.54, 1.807) is 3.97 Å². The van der Waals surface area contributed by atoms with Gasteiger partial charge in [0, 0.05) is 30.0 Å². The maximum atomic E-state index is 5.37. The Labute approximate surface area is 108 Å². The predicted octanol–water partition coefficient (Wildman–Crippen LogP) is 1.07. The summed E-state index contributed by atoms with van der Waals surface area (Å²) >= 11 is 4.32. The summed E-state index contributed by atoms with van der Waals surface area (Å²) in [6.45, 7) is 3.43. The monoisotopic (exact) mass is 267 g/mol. The Morgan fingerprint density at radius 2 is 2.12 bits per heavy atom. The van der Waals surface area contributed by atoms with E-state index in [0.717, 1.165) is 37.3 Å². The fourth-order valence-electron chi connectivity index (χ4n) is 2.14. The van der Waals surface area contributed by atoms with Gasteiger partial charge in [-0.15, -0.1) is 9.24 Å². The summed E-state index contributed by atoms with van der Waals surface area (Å²) in [6, 6.07) is 2.04. The second kappa shape index (κ2) is 4.48. The topological polar surface area (TPSA) is 30.3 Å². The highest BCUT2D eigenvalue weighted by Crippen LogP contribution is 2.22. The number of thiol groups is 1. The fourth-order valence-corrected chi connectivity index (χ4v) is 2.85. The lowest BCUT2D eigenvalue weighted by Crippen LogP contribution is -2.38.